The highest BCUT2D eigenvalue weighted by Gasteiger charge is 2.07. The molecule has 1 unspecified atom stereocenters. The Morgan fingerprint density at radius 1 is 1.54 bits per heavy atom. The fourth-order valence-corrected chi connectivity index (χ4v) is 1.42. The average Bonchev–Trinajstić information content (AvgIpc) is 2.03. The molecule has 0 heterocycles. The van der Waals surface area contributed by atoms with Gasteiger partial charge in [-0.1, -0.05) is 18.2 Å². The minimum Gasteiger partial charge on any atom is -0.496 e. The summed E-state index contributed by atoms with van der Waals surface area (Å²) in [5.41, 5.74) is 2.09. The van der Waals surface area contributed by atoms with Crippen molar-refractivity contribution in [1.29, 1.82) is 0 Å². The summed E-state index contributed by atoms with van der Waals surface area (Å²) in [6, 6.07) is 5.88. The van der Waals surface area contributed by atoms with Crippen molar-refractivity contribution < 1.29 is 9.84 Å². The zero-order chi connectivity index (χ0) is 9.84. The first kappa shape index (κ1) is 10.1. The summed E-state index contributed by atoms with van der Waals surface area (Å²) in [6.45, 7) is 5.52. The number of rotatable bonds is 3. The molecule has 1 atom stereocenters. The molecule has 2 nitrogen and oxygen atoms in total. The van der Waals surface area contributed by atoms with E-state index in [1.54, 1.807) is 7.11 Å². The summed E-state index contributed by atoms with van der Waals surface area (Å²) in [7, 11) is 1.64. The highest BCUT2D eigenvalue weighted by Crippen LogP contribution is 2.23. The van der Waals surface area contributed by atoms with E-state index in [2.05, 4.69) is 6.92 Å². The van der Waals surface area contributed by atoms with Gasteiger partial charge >= 0.3 is 0 Å². The maximum atomic E-state index is 9.15. The van der Waals surface area contributed by atoms with Gasteiger partial charge in [0.2, 0.25) is 0 Å². The number of hydrogen-bond donors (Lipinski definition) is 1. The zero-order valence-corrected chi connectivity index (χ0v) is 8.08. The van der Waals surface area contributed by atoms with E-state index in [-0.39, 0.29) is 0 Å². The van der Waals surface area contributed by atoms with Crippen LogP contribution in [0.15, 0.2) is 18.2 Å². The molecule has 0 amide bonds. The first-order valence-electron chi connectivity index (χ1n) is 4.28. The maximum absolute atomic E-state index is 9.15. The Hall–Kier alpha value is -1.02. The molecule has 0 aliphatic rings. The Balaban J connectivity index is 2.98. The second kappa shape index (κ2) is 4.28. The molecule has 0 bridgehead atoms. The van der Waals surface area contributed by atoms with Gasteiger partial charge in [0.25, 0.3) is 0 Å². The first-order valence-corrected chi connectivity index (χ1v) is 4.28. The maximum Gasteiger partial charge on any atom is 0.125 e. The van der Waals surface area contributed by atoms with Crippen molar-refractivity contribution in [3.8, 4) is 5.75 Å². The number of aryl methyl sites for hydroxylation is 1. The van der Waals surface area contributed by atoms with Gasteiger partial charge in [0, 0.05) is 6.42 Å². The van der Waals surface area contributed by atoms with Crippen LogP contribution in [0.2, 0.25) is 0 Å². The van der Waals surface area contributed by atoms with Crippen molar-refractivity contribution in [3.63, 3.8) is 0 Å². The van der Waals surface area contributed by atoms with Crippen molar-refractivity contribution in [3.05, 3.63) is 36.2 Å². The van der Waals surface area contributed by atoms with Crippen LogP contribution >= 0.6 is 0 Å². The van der Waals surface area contributed by atoms with Gasteiger partial charge in [-0.15, -0.1) is 0 Å². The molecule has 0 spiro atoms. The van der Waals surface area contributed by atoms with Crippen LogP contribution in [0.1, 0.15) is 11.1 Å². The van der Waals surface area contributed by atoms with E-state index in [9.17, 15) is 0 Å². The summed E-state index contributed by atoms with van der Waals surface area (Å²) < 4.78 is 5.24. The Morgan fingerprint density at radius 3 is 2.77 bits per heavy atom. The fourth-order valence-electron chi connectivity index (χ4n) is 1.42. The predicted octanol–water partition coefficient (Wildman–Crippen LogP) is 1.74. The summed E-state index contributed by atoms with van der Waals surface area (Å²) >= 11 is 0. The van der Waals surface area contributed by atoms with Crippen molar-refractivity contribution in [1.82, 2.24) is 0 Å². The predicted molar refractivity (Wildman–Crippen MR) is 52.8 cm³/mol. The van der Waals surface area contributed by atoms with E-state index in [0.29, 0.717) is 6.42 Å². The van der Waals surface area contributed by atoms with Gasteiger partial charge in [-0.05, 0) is 25.0 Å². The normalized spacial score (nSPS) is 12.6. The quantitative estimate of drug-likeness (QED) is 0.765. The van der Waals surface area contributed by atoms with Crippen molar-refractivity contribution >= 4 is 0 Å². The lowest BCUT2D eigenvalue weighted by Crippen LogP contribution is -2.06. The lowest BCUT2D eigenvalue weighted by Gasteiger charge is -2.11. The van der Waals surface area contributed by atoms with E-state index in [0.717, 1.165) is 16.9 Å². The molecule has 71 valence electrons. The second-order valence-corrected chi connectivity index (χ2v) is 3.13. The smallest absolute Gasteiger partial charge is 0.125 e. The monoisotopic (exact) mass is 179 g/mol. The first-order chi connectivity index (χ1) is 6.15. The van der Waals surface area contributed by atoms with Crippen molar-refractivity contribution in [2.24, 2.45) is 0 Å². The molecular weight excluding hydrogens is 164 g/mol. The van der Waals surface area contributed by atoms with Crippen LogP contribution < -0.4 is 4.74 Å². The molecule has 1 aromatic carbocycles. The largest absolute Gasteiger partial charge is 0.496 e. The molecule has 1 radical (unpaired) electrons. The molecule has 0 aliphatic carbocycles. The SMILES string of the molecule is [CH2]C(O)Cc1cccc(C)c1OC. The zero-order valence-electron chi connectivity index (χ0n) is 8.08. The van der Waals surface area contributed by atoms with Crippen LogP contribution in [0, 0.1) is 13.8 Å². The molecule has 13 heavy (non-hydrogen) atoms. The van der Waals surface area contributed by atoms with Gasteiger partial charge in [0.1, 0.15) is 5.75 Å². The number of aliphatic hydroxyl groups excluding tert-OH is 1. The molecule has 1 aromatic rings. The fraction of sp³-hybridized carbons (Fsp3) is 0.364. The van der Waals surface area contributed by atoms with Gasteiger partial charge in [0.15, 0.2) is 0 Å². The summed E-state index contributed by atoms with van der Waals surface area (Å²) in [6.07, 6.45) is -0.0408. The van der Waals surface area contributed by atoms with Gasteiger partial charge in [-0.25, -0.2) is 0 Å². The summed E-state index contributed by atoms with van der Waals surface area (Å²) in [4.78, 5) is 0. The van der Waals surface area contributed by atoms with E-state index in [4.69, 9.17) is 9.84 Å². The van der Waals surface area contributed by atoms with Gasteiger partial charge < -0.3 is 9.84 Å². The minimum absolute atomic E-state index is 0.533. The van der Waals surface area contributed by atoms with E-state index in [1.807, 2.05) is 25.1 Å². The number of para-hydroxylation sites is 1. The van der Waals surface area contributed by atoms with Crippen LogP contribution in [-0.2, 0) is 6.42 Å². The van der Waals surface area contributed by atoms with Gasteiger partial charge in [0.05, 0.1) is 13.2 Å². The highest BCUT2D eigenvalue weighted by atomic mass is 16.5. The molecule has 2 heteroatoms. The van der Waals surface area contributed by atoms with E-state index in [1.165, 1.54) is 0 Å². The van der Waals surface area contributed by atoms with E-state index >= 15 is 0 Å². The summed E-state index contributed by atoms with van der Waals surface area (Å²) in [5, 5.41) is 9.15. The van der Waals surface area contributed by atoms with Crippen LogP contribution in [-0.4, -0.2) is 18.3 Å². The molecule has 1 rings (SSSR count). The Morgan fingerprint density at radius 2 is 2.23 bits per heavy atom. The van der Waals surface area contributed by atoms with Crippen LogP contribution in [0.3, 0.4) is 0 Å². The molecular formula is C11H15O2. The lowest BCUT2D eigenvalue weighted by atomic mass is 10.0. The standard InChI is InChI=1S/C11H15O2/c1-8-5-4-6-10(7-9(2)12)11(8)13-3/h4-6,9,12H,2,7H2,1,3H3. The van der Waals surface area contributed by atoms with Crippen molar-refractivity contribution in [2.45, 2.75) is 19.4 Å². The van der Waals surface area contributed by atoms with E-state index < -0.39 is 6.10 Å². The number of ether oxygens (including phenoxy) is 1. The number of benzene rings is 1. The minimum atomic E-state index is -0.573. The Bertz CT molecular complexity index is 279. The topological polar surface area (TPSA) is 29.5 Å². The van der Waals surface area contributed by atoms with Crippen molar-refractivity contribution in [2.75, 3.05) is 7.11 Å². The molecule has 1 N–H and O–H groups in total. The third-order valence-electron chi connectivity index (χ3n) is 1.95. The molecule has 0 fully saturated rings. The van der Waals surface area contributed by atoms with Gasteiger partial charge in [-0.3, -0.25) is 0 Å². The van der Waals surface area contributed by atoms with Crippen LogP contribution in [0.25, 0.3) is 0 Å². The molecule has 0 saturated carbocycles. The number of hydrogen-bond acceptors (Lipinski definition) is 2. The third-order valence-corrected chi connectivity index (χ3v) is 1.95. The number of methoxy groups -OCH3 is 1. The average molecular weight is 179 g/mol. The summed E-state index contributed by atoms with van der Waals surface area (Å²) in [5.74, 6) is 0.852. The Labute approximate surface area is 79.2 Å². The lowest BCUT2D eigenvalue weighted by molar-refractivity contribution is 0.219. The highest BCUT2D eigenvalue weighted by molar-refractivity contribution is 5.41. The molecule has 0 aliphatic heterocycles. The molecule has 0 saturated heterocycles. The van der Waals surface area contributed by atoms with Crippen LogP contribution in [0.4, 0.5) is 0 Å². The number of aliphatic hydroxyl groups is 1. The second-order valence-electron chi connectivity index (χ2n) is 3.13. The third kappa shape index (κ3) is 2.46. The molecule has 0 aromatic heterocycles. The van der Waals surface area contributed by atoms with Crippen LogP contribution in [0.5, 0.6) is 5.75 Å². The Kier molecular flexibility index (Phi) is 3.32. The van der Waals surface area contributed by atoms with Gasteiger partial charge in [-0.2, -0.15) is 0 Å².